The topological polar surface area (TPSA) is 693 Å². The summed E-state index contributed by atoms with van der Waals surface area (Å²) in [6, 6.07) is -8.22. The van der Waals surface area contributed by atoms with Crippen LogP contribution in [-0.2, 0) is 71.1 Å². The van der Waals surface area contributed by atoms with Crippen LogP contribution >= 0.6 is 0 Å². The van der Waals surface area contributed by atoms with Crippen molar-refractivity contribution in [2.75, 3.05) is 52.9 Å². The Morgan fingerprint density at radius 2 is 0.517 bits per heavy atom. The van der Waals surface area contributed by atoms with E-state index in [4.69, 9.17) is 99.7 Å². The minimum Gasteiger partial charge on any atom is -0.394 e. The van der Waals surface area contributed by atoms with Crippen molar-refractivity contribution in [3.63, 3.8) is 0 Å². The molecule has 0 radical (unpaired) electrons. The molecular weight excluding hydrogens is 1220 g/mol. The van der Waals surface area contributed by atoms with Gasteiger partial charge in [0.1, 0.15) is 165 Å². The highest BCUT2D eigenvalue weighted by atomic mass is 16.8. The Labute approximate surface area is 504 Å². The summed E-state index contributed by atoms with van der Waals surface area (Å²) in [7, 11) is 0. The van der Waals surface area contributed by atoms with E-state index >= 15 is 0 Å². The second-order valence-corrected chi connectivity index (χ2v) is 22.8. The van der Waals surface area contributed by atoms with Crippen molar-refractivity contribution in [3.05, 3.63) is 0 Å². The van der Waals surface area contributed by atoms with Gasteiger partial charge in [0, 0.05) is 0 Å². The molecule has 41 nitrogen and oxygen atoms in total. The van der Waals surface area contributed by atoms with E-state index in [0.29, 0.717) is 0 Å². The van der Waals surface area contributed by atoms with Crippen LogP contribution < -0.4 is 28.7 Å². The van der Waals surface area contributed by atoms with E-state index in [1.165, 1.54) is 0 Å². The first-order chi connectivity index (χ1) is 42.2. The van der Waals surface area contributed by atoms with Gasteiger partial charge < -0.3 is 207 Å². The molecule has 41 heteroatoms. The quantitative estimate of drug-likeness (QED) is 0.0479. The molecule has 0 aromatic heterocycles. The van der Waals surface area contributed by atoms with Gasteiger partial charge in [-0.05, 0) is 0 Å². The summed E-state index contributed by atoms with van der Waals surface area (Å²) in [5.74, 6) is 0. The second kappa shape index (κ2) is 31.5. The fraction of sp³-hybridized carbons (Fsp3) is 1.00. The molecule has 8 rings (SSSR count). The monoisotopic (exact) mass is 1310 g/mol. The molecule has 89 heavy (non-hydrogen) atoms. The van der Waals surface area contributed by atoms with Crippen LogP contribution in [0, 0.1) is 0 Å². The van der Waals surface area contributed by atoms with Gasteiger partial charge in [-0.1, -0.05) is 0 Å². The van der Waals surface area contributed by atoms with Crippen molar-refractivity contribution < 1.29 is 178 Å². The lowest BCUT2D eigenvalue weighted by molar-refractivity contribution is -0.402. The van der Waals surface area contributed by atoms with Crippen LogP contribution in [0.3, 0.4) is 0 Å². The predicted molar refractivity (Wildman–Crippen MR) is 274 cm³/mol. The zero-order chi connectivity index (χ0) is 65.4. The van der Waals surface area contributed by atoms with Crippen LogP contribution in [0.25, 0.3) is 0 Å². The molecule has 0 amide bonds. The normalized spacial score (nSPS) is 53.6. The van der Waals surface area contributed by atoms with Gasteiger partial charge in [0.15, 0.2) is 50.3 Å². The zero-order valence-electron chi connectivity index (χ0n) is 47.2. The smallest absolute Gasteiger partial charge is 0.187 e. The Hall–Kier alpha value is -1.64. The maximum atomic E-state index is 12.3. The summed E-state index contributed by atoms with van der Waals surface area (Å²) >= 11 is 0. The largest absolute Gasteiger partial charge is 0.394 e. The Kier molecular flexibility index (Phi) is 25.9. The van der Waals surface area contributed by atoms with Crippen LogP contribution in [0.4, 0.5) is 0 Å². The first-order valence-corrected chi connectivity index (χ1v) is 28.6. The van der Waals surface area contributed by atoms with Crippen LogP contribution in [0.5, 0.6) is 0 Å². The molecule has 0 bridgehead atoms. The third kappa shape index (κ3) is 15.2. The minimum absolute atomic E-state index is 0.852. The number of hydrogen-bond donors (Lipinski definition) is 26. The fourth-order valence-corrected chi connectivity index (χ4v) is 11.6. The molecule has 0 aromatic carbocycles. The van der Waals surface area contributed by atoms with Gasteiger partial charge >= 0.3 is 0 Å². The number of hydrogen-bond acceptors (Lipinski definition) is 41. The van der Waals surface area contributed by atoms with Crippen molar-refractivity contribution in [1.29, 1.82) is 0 Å². The van der Waals surface area contributed by atoms with Crippen molar-refractivity contribution in [2.45, 2.75) is 245 Å². The molecule has 520 valence electrons. The molecule has 0 aliphatic carbocycles. The van der Waals surface area contributed by atoms with E-state index in [0.717, 1.165) is 0 Å². The van der Waals surface area contributed by atoms with Crippen LogP contribution in [0.1, 0.15) is 0 Å². The van der Waals surface area contributed by atoms with Gasteiger partial charge in [-0.25, -0.2) is 0 Å². The van der Waals surface area contributed by atoms with Crippen molar-refractivity contribution in [2.24, 2.45) is 28.7 Å². The first-order valence-electron chi connectivity index (χ1n) is 28.6. The summed E-state index contributed by atoms with van der Waals surface area (Å²) in [5.41, 5.74) is 30.7. The summed E-state index contributed by atoms with van der Waals surface area (Å²) in [6.45, 7) is -7.78. The highest BCUT2D eigenvalue weighted by molar-refractivity contribution is 5.03. The molecule has 40 atom stereocenters. The van der Waals surface area contributed by atoms with Crippen LogP contribution in [0.15, 0.2) is 0 Å². The number of aliphatic hydroxyl groups is 21. The molecule has 8 saturated heterocycles. The van der Waals surface area contributed by atoms with Gasteiger partial charge in [0.25, 0.3) is 0 Å². The van der Waals surface area contributed by atoms with E-state index in [9.17, 15) is 107 Å². The highest BCUT2D eigenvalue weighted by Crippen LogP contribution is 2.39. The zero-order valence-corrected chi connectivity index (χ0v) is 47.2. The molecule has 1 unspecified atom stereocenters. The van der Waals surface area contributed by atoms with Crippen molar-refractivity contribution >= 4 is 0 Å². The van der Waals surface area contributed by atoms with Crippen LogP contribution in [0.2, 0.25) is 0 Å². The summed E-state index contributed by atoms with van der Waals surface area (Å²) in [4.78, 5) is 0. The van der Waals surface area contributed by atoms with Gasteiger partial charge in [-0.2, -0.15) is 0 Å². The third-order valence-corrected chi connectivity index (χ3v) is 17.0. The van der Waals surface area contributed by atoms with Crippen molar-refractivity contribution in [3.8, 4) is 0 Å². The molecule has 8 heterocycles. The molecule has 0 aromatic rings. The maximum Gasteiger partial charge on any atom is 0.187 e. The van der Waals surface area contributed by atoms with Crippen molar-refractivity contribution in [1.82, 2.24) is 0 Å². The molecule has 8 aliphatic heterocycles. The molecular formula is C48H87N5O36. The number of rotatable bonds is 22. The lowest BCUT2D eigenvalue weighted by Gasteiger charge is -2.51. The van der Waals surface area contributed by atoms with E-state index in [1.807, 2.05) is 0 Å². The lowest BCUT2D eigenvalue weighted by atomic mass is 9.94. The fourth-order valence-electron chi connectivity index (χ4n) is 11.6. The van der Waals surface area contributed by atoms with Gasteiger partial charge in [0.05, 0.1) is 83.1 Å². The summed E-state index contributed by atoms with van der Waals surface area (Å²) < 4.78 is 88.0. The molecule has 8 fully saturated rings. The van der Waals surface area contributed by atoms with Gasteiger partial charge in [-0.3, -0.25) is 0 Å². The summed E-state index contributed by atoms with van der Waals surface area (Å²) in [6.07, 6.45) is -66.5. The number of ether oxygens (including phenoxy) is 15. The van der Waals surface area contributed by atoms with Gasteiger partial charge in [-0.15, -0.1) is 0 Å². The Bertz CT molecular complexity index is 2150. The third-order valence-electron chi connectivity index (χ3n) is 17.0. The Morgan fingerprint density at radius 3 is 0.944 bits per heavy atom. The van der Waals surface area contributed by atoms with Gasteiger partial charge in [0.2, 0.25) is 0 Å². The summed E-state index contributed by atoms with van der Waals surface area (Å²) in [5, 5.41) is 228. The average molecular weight is 1310 g/mol. The standard InChI is InChI=1S/C48H87N5O36/c49-17-30(69)35(13(5-58)76-41(17)74)84-45-21(53)31(70)36(14(6-59)81-45)86-46-34(73)38(26(65)16(83-46)8-75-47-39(32(71)25(64)12(4-57)80-47)88-43-19(51)28(67)23(62)10(2-55)78-43)87-48-40(89-44-20(52)29(68)24(63)11(3-56)79-44)33(72)37(15(7-60)82-48)85-42-18(50)27(66)22(61)9(1-54)77-42/h9-48,54-74H,1-8,49-53H2/t9-,10-,11-,12-,13-,14-,15-,16-,17-,18-,19-,20-,21-,22-,23-,24-,25-,26-,27-,28-,29-,30-,31-,32+,33+,34+,35-,36-,37-,38+,39+,40+,41?,42+,43+,44+,45+,46+,47+,48-/m1/s1. The average Bonchev–Trinajstić information content (AvgIpc) is 1.09. The number of nitrogens with two attached hydrogens (primary N) is 5. The second-order valence-electron chi connectivity index (χ2n) is 22.8. The van der Waals surface area contributed by atoms with E-state index in [1.54, 1.807) is 0 Å². The predicted octanol–water partition coefficient (Wildman–Crippen LogP) is -18.6. The number of aliphatic hydroxyl groups excluding tert-OH is 21. The maximum absolute atomic E-state index is 12.3. The first kappa shape index (κ1) is 73.2. The molecule has 0 saturated carbocycles. The highest BCUT2D eigenvalue weighted by Gasteiger charge is 2.59. The van der Waals surface area contributed by atoms with E-state index in [-0.39, 0.29) is 0 Å². The van der Waals surface area contributed by atoms with E-state index in [2.05, 4.69) is 0 Å². The SMILES string of the molecule is N[C@H]1[C@H](O[C@@H]2[C@@H](O[C@@H]3[C@H](O)[C@H](O[C@H]4[C@H](O)[C@@H](N)[C@H](O[C@H]5[C@H](O)[C@@H](N)C(O)O[C@@H]5CO)O[C@@H]4CO)O[C@H](CO[C@H]4O[C@H](CO)[C@@H](O)[C@H](O)[C@@H]4O[C@@H]4O[C@H](CO)[C@@H](O)[C@H](O)[C@H]4N)[C@H]3O)O[C@H](CO)[C@@H](O[C@@H]3O[C@H](CO)[C@@H](O)[C@H](O)[C@H]3N)[C@@H]2O)O[C@H](CO)[C@@H](O)[C@@H]1O. The Morgan fingerprint density at radius 1 is 0.225 bits per heavy atom. The molecule has 0 spiro atoms. The minimum atomic E-state index is -2.40. The molecule has 31 N–H and O–H groups in total. The molecule has 8 aliphatic rings. The van der Waals surface area contributed by atoms with Crippen LogP contribution in [-0.4, -0.2) is 405 Å². The van der Waals surface area contributed by atoms with E-state index < -0.39 is 298 Å². The lowest BCUT2D eigenvalue weighted by Crippen LogP contribution is -2.70. The Balaban J connectivity index is 1.12.